The monoisotopic (exact) mass is 411 g/mol. The molecule has 3 N–H and O–H groups in total. The number of carbonyl (C=O) groups is 3. The Labute approximate surface area is 164 Å². The summed E-state index contributed by atoms with van der Waals surface area (Å²) in [5.41, 5.74) is 0.929. The first-order chi connectivity index (χ1) is 13.1. The second-order valence-corrected chi connectivity index (χ2v) is 8.58. The lowest BCUT2D eigenvalue weighted by Gasteiger charge is -2.33. The molecule has 1 aliphatic rings. The van der Waals surface area contributed by atoms with E-state index in [9.17, 15) is 22.8 Å². The molecule has 1 saturated heterocycles. The number of hydrogen-bond donors (Lipinski definition) is 3. The van der Waals surface area contributed by atoms with Gasteiger partial charge in [0.25, 0.3) is 0 Å². The van der Waals surface area contributed by atoms with E-state index in [1.807, 2.05) is 6.92 Å². The zero-order chi connectivity index (χ0) is 20.9. The Balaban J connectivity index is 1.89. The number of hydrogen-bond acceptors (Lipinski definition) is 5. The largest absolute Gasteiger partial charge is 0.480 e. The van der Waals surface area contributed by atoms with Crippen molar-refractivity contribution in [3.05, 3.63) is 29.8 Å². The van der Waals surface area contributed by atoms with E-state index in [4.69, 9.17) is 5.11 Å². The van der Waals surface area contributed by atoms with Crippen LogP contribution >= 0.6 is 0 Å². The number of nitrogens with one attached hydrogen (secondary N) is 2. The third kappa shape index (κ3) is 5.77. The molecule has 2 rings (SSSR count). The number of amides is 2. The molecule has 154 valence electrons. The fraction of sp³-hybridized carbons (Fsp3) is 0.500. The lowest BCUT2D eigenvalue weighted by molar-refractivity contribution is -0.139. The van der Waals surface area contributed by atoms with E-state index in [2.05, 4.69) is 10.0 Å². The van der Waals surface area contributed by atoms with Crippen LogP contribution in [0.1, 0.15) is 25.3 Å². The number of aryl methyl sites for hydroxylation is 1. The van der Waals surface area contributed by atoms with Crippen molar-refractivity contribution in [2.24, 2.45) is 5.92 Å². The fourth-order valence-corrected chi connectivity index (χ4v) is 4.21. The van der Waals surface area contributed by atoms with Crippen LogP contribution in [0, 0.1) is 12.8 Å². The molecule has 9 nitrogen and oxygen atoms in total. The number of likely N-dealkylation sites (tertiary alicyclic amines) is 1. The quantitative estimate of drug-likeness (QED) is 0.583. The maximum atomic E-state index is 12.6. The van der Waals surface area contributed by atoms with Crippen LogP contribution in [-0.2, 0) is 24.4 Å². The highest BCUT2D eigenvalue weighted by molar-refractivity contribution is 7.89. The van der Waals surface area contributed by atoms with Crippen molar-refractivity contribution in [2.45, 2.75) is 37.6 Å². The number of aliphatic carboxylic acids is 1. The van der Waals surface area contributed by atoms with Crippen molar-refractivity contribution >= 4 is 27.8 Å². The highest BCUT2D eigenvalue weighted by atomic mass is 32.2. The van der Waals surface area contributed by atoms with Gasteiger partial charge in [-0.25, -0.2) is 8.42 Å². The number of carbonyl (C=O) groups excluding carboxylic acids is 2. The van der Waals surface area contributed by atoms with Crippen LogP contribution in [0.2, 0.25) is 0 Å². The molecule has 2 amide bonds. The highest BCUT2D eigenvalue weighted by Crippen LogP contribution is 2.18. The Morgan fingerprint density at radius 1 is 1.18 bits per heavy atom. The number of nitrogens with zero attached hydrogens (tertiary/aromatic N) is 1. The van der Waals surface area contributed by atoms with Gasteiger partial charge in [-0.3, -0.25) is 14.4 Å². The smallest absolute Gasteiger partial charge is 0.322 e. The maximum absolute atomic E-state index is 12.6. The van der Waals surface area contributed by atoms with Gasteiger partial charge in [-0.2, -0.15) is 4.72 Å². The molecule has 1 aliphatic heterocycles. The molecule has 1 fully saturated rings. The number of carboxylic acids is 1. The number of rotatable bonds is 7. The summed E-state index contributed by atoms with van der Waals surface area (Å²) in [6.45, 7) is 3.51. The summed E-state index contributed by atoms with van der Waals surface area (Å²) in [5.74, 6) is -2.18. The second kappa shape index (κ2) is 9.16. The highest BCUT2D eigenvalue weighted by Gasteiger charge is 2.31. The average molecular weight is 411 g/mol. The van der Waals surface area contributed by atoms with E-state index in [0.717, 1.165) is 5.56 Å². The van der Waals surface area contributed by atoms with E-state index in [1.54, 1.807) is 12.1 Å². The molecule has 1 aromatic rings. The summed E-state index contributed by atoms with van der Waals surface area (Å²) >= 11 is 0. The minimum atomic E-state index is -3.82. The lowest BCUT2D eigenvalue weighted by atomic mass is 9.95. The van der Waals surface area contributed by atoms with Crippen LogP contribution < -0.4 is 10.0 Å². The predicted molar refractivity (Wildman–Crippen MR) is 101 cm³/mol. The van der Waals surface area contributed by atoms with Gasteiger partial charge in [0.2, 0.25) is 21.8 Å². The zero-order valence-electron chi connectivity index (χ0n) is 15.8. The standard InChI is InChI=1S/C18H25N3O6S/c1-12-3-5-15(6-4-12)28(26,27)20-13(2)18(25)21-9-7-14(8-10-21)17(24)19-11-16(22)23/h3-6,13-14,20H,7-11H2,1-2H3,(H,19,24)(H,22,23)/t13-/m0/s1. The third-order valence-electron chi connectivity index (χ3n) is 4.62. The zero-order valence-corrected chi connectivity index (χ0v) is 16.7. The Hall–Kier alpha value is -2.46. The van der Waals surface area contributed by atoms with Gasteiger partial charge in [0.15, 0.2) is 0 Å². The first kappa shape index (κ1) is 21.8. The minimum absolute atomic E-state index is 0.0894. The van der Waals surface area contributed by atoms with E-state index in [1.165, 1.54) is 24.0 Å². The molecule has 0 aliphatic carbocycles. The molecule has 0 aromatic heterocycles. The minimum Gasteiger partial charge on any atom is -0.480 e. The van der Waals surface area contributed by atoms with Crippen LogP contribution in [0.15, 0.2) is 29.2 Å². The van der Waals surface area contributed by atoms with Gasteiger partial charge in [0.1, 0.15) is 6.54 Å². The molecule has 0 bridgehead atoms. The lowest BCUT2D eigenvalue weighted by Crippen LogP contribution is -2.50. The van der Waals surface area contributed by atoms with Crippen LogP contribution in [0.5, 0.6) is 0 Å². The Morgan fingerprint density at radius 3 is 2.29 bits per heavy atom. The van der Waals surface area contributed by atoms with Gasteiger partial charge in [-0.1, -0.05) is 17.7 Å². The third-order valence-corrected chi connectivity index (χ3v) is 6.18. The van der Waals surface area contributed by atoms with Crippen LogP contribution in [0.25, 0.3) is 0 Å². The normalized spacial score (nSPS) is 16.4. The van der Waals surface area contributed by atoms with Crippen molar-refractivity contribution in [1.29, 1.82) is 0 Å². The molecule has 1 heterocycles. The van der Waals surface area contributed by atoms with Crippen molar-refractivity contribution in [1.82, 2.24) is 14.9 Å². The van der Waals surface area contributed by atoms with Crippen molar-refractivity contribution in [2.75, 3.05) is 19.6 Å². The molecule has 0 unspecified atom stereocenters. The summed E-state index contributed by atoms with van der Waals surface area (Å²) < 4.78 is 27.2. The maximum Gasteiger partial charge on any atom is 0.322 e. The topological polar surface area (TPSA) is 133 Å². The first-order valence-corrected chi connectivity index (χ1v) is 10.5. The summed E-state index contributed by atoms with van der Waals surface area (Å²) in [7, 11) is -3.82. The summed E-state index contributed by atoms with van der Waals surface area (Å²) in [6, 6.07) is 5.39. The summed E-state index contributed by atoms with van der Waals surface area (Å²) in [4.78, 5) is 36.6. The van der Waals surface area contributed by atoms with Crippen LogP contribution in [-0.4, -0.2) is 61.9 Å². The molecule has 28 heavy (non-hydrogen) atoms. The number of benzene rings is 1. The van der Waals surface area contributed by atoms with E-state index >= 15 is 0 Å². The number of piperidine rings is 1. The van der Waals surface area contributed by atoms with E-state index in [0.29, 0.717) is 25.9 Å². The molecule has 0 radical (unpaired) electrons. The van der Waals surface area contributed by atoms with Crippen molar-refractivity contribution < 1.29 is 27.9 Å². The Morgan fingerprint density at radius 2 is 1.75 bits per heavy atom. The summed E-state index contributed by atoms with van der Waals surface area (Å²) in [6.07, 6.45) is 0.795. The van der Waals surface area contributed by atoms with Gasteiger partial charge >= 0.3 is 5.97 Å². The summed E-state index contributed by atoms with van der Waals surface area (Å²) in [5, 5.41) is 10.9. The van der Waals surface area contributed by atoms with Crippen molar-refractivity contribution in [3.63, 3.8) is 0 Å². The first-order valence-electron chi connectivity index (χ1n) is 8.97. The Bertz CT molecular complexity index is 829. The molecule has 0 saturated carbocycles. The fourth-order valence-electron chi connectivity index (χ4n) is 3.01. The van der Waals surface area contributed by atoms with Crippen LogP contribution in [0.4, 0.5) is 0 Å². The Kier molecular flexibility index (Phi) is 7.14. The molecular formula is C18H25N3O6S. The average Bonchev–Trinajstić information content (AvgIpc) is 2.65. The molecule has 0 spiro atoms. The van der Waals surface area contributed by atoms with Gasteiger partial charge < -0.3 is 15.3 Å². The molecule has 1 atom stereocenters. The number of sulfonamides is 1. The molecule has 10 heteroatoms. The predicted octanol–water partition coefficient (Wildman–Crippen LogP) is 0.101. The SMILES string of the molecule is Cc1ccc(S(=O)(=O)N[C@@H](C)C(=O)N2CCC(C(=O)NCC(=O)O)CC2)cc1. The van der Waals surface area contributed by atoms with Gasteiger partial charge in [0.05, 0.1) is 10.9 Å². The van der Waals surface area contributed by atoms with Gasteiger partial charge in [0, 0.05) is 19.0 Å². The molecular weight excluding hydrogens is 386 g/mol. The number of carboxylic acid groups (broad SMARTS) is 1. The van der Waals surface area contributed by atoms with Crippen molar-refractivity contribution in [3.8, 4) is 0 Å². The molecule has 1 aromatic carbocycles. The van der Waals surface area contributed by atoms with Gasteiger partial charge in [-0.15, -0.1) is 0 Å². The van der Waals surface area contributed by atoms with E-state index in [-0.39, 0.29) is 22.6 Å². The van der Waals surface area contributed by atoms with Gasteiger partial charge in [-0.05, 0) is 38.8 Å². The van der Waals surface area contributed by atoms with Crippen LogP contribution in [0.3, 0.4) is 0 Å². The van der Waals surface area contributed by atoms with E-state index < -0.39 is 28.6 Å². The second-order valence-electron chi connectivity index (χ2n) is 6.87.